The molecule has 1 aliphatic heterocycles. The second-order valence-corrected chi connectivity index (χ2v) is 5.74. The van der Waals surface area contributed by atoms with Crippen LogP contribution in [0, 0.1) is 5.82 Å². The molecule has 1 aliphatic rings. The molecule has 0 spiro atoms. The average Bonchev–Trinajstić information content (AvgIpc) is 2.95. The predicted molar refractivity (Wildman–Crippen MR) is 77.1 cm³/mol. The smallest absolute Gasteiger partial charge is 0.272 e. The maximum absolute atomic E-state index is 13.5. The Hall–Kier alpha value is -1.37. The average molecular weight is 334 g/mol. The number of amides is 1. The molecule has 21 heavy (non-hydrogen) atoms. The number of hydrogen-bond acceptors (Lipinski definition) is 2. The fourth-order valence-corrected chi connectivity index (χ4v) is 3.08. The van der Waals surface area contributed by atoms with E-state index in [1.807, 2.05) is 0 Å². The summed E-state index contributed by atoms with van der Waals surface area (Å²) in [6.45, 7) is 0.0155. The minimum Gasteiger partial charge on any atom is -0.349 e. The van der Waals surface area contributed by atoms with E-state index in [1.54, 1.807) is 0 Å². The first-order valence-electron chi connectivity index (χ1n) is 6.24. The van der Waals surface area contributed by atoms with Crippen LogP contribution in [-0.4, -0.2) is 41.1 Å². The summed E-state index contributed by atoms with van der Waals surface area (Å²) >= 11 is 12.0. The lowest BCUT2D eigenvalue weighted by Gasteiger charge is -2.14. The van der Waals surface area contributed by atoms with E-state index in [0.29, 0.717) is 5.52 Å². The van der Waals surface area contributed by atoms with E-state index in [4.69, 9.17) is 28.9 Å². The molecule has 4 nitrogen and oxygen atoms in total. The van der Waals surface area contributed by atoms with Crippen molar-refractivity contribution in [3.05, 3.63) is 33.7 Å². The van der Waals surface area contributed by atoms with Crippen LogP contribution < -0.4 is 5.73 Å². The van der Waals surface area contributed by atoms with Crippen molar-refractivity contribution in [1.82, 2.24) is 9.88 Å². The van der Waals surface area contributed by atoms with Gasteiger partial charge in [0.25, 0.3) is 5.91 Å². The fourth-order valence-electron chi connectivity index (χ4n) is 2.44. The van der Waals surface area contributed by atoms with Crippen LogP contribution in [0.1, 0.15) is 10.5 Å². The van der Waals surface area contributed by atoms with Gasteiger partial charge >= 0.3 is 0 Å². The molecule has 0 unspecified atom stereocenters. The number of nitrogens with two attached hydrogens (primary N) is 1. The molecule has 1 aromatic carbocycles. The standard InChI is InChI=1S/C13H11Cl2F2N3O/c14-10-5(16)1-2-8-9(10)11(15)12(19-8)13(21)20-3-6(17)7(18)4-20/h1-2,6-7,19H,3-4,18H2/t6-,7+/m1/s1. The molecular formula is C13H11Cl2F2N3O. The summed E-state index contributed by atoms with van der Waals surface area (Å²) in [5, 5.41) is 0.103. The van der Waals surface area contributed by atoms with Gasteiger partial charge in [-0.2, -0.15) is 0 Å². The van der Waals surface area contributed by atoms with Gasteiger partial charge in [-0.25, -0.2) is 8.78 Å². The van der Waals surface area contributed by atoms with Crippen LogP contribution in [0.15, 0.2) is 12.1 Å². The van der Waals surface area contributed by atoms with Crippen molar-refractivity contribution < 1.29 is 13.6 Å². The number of hydrogen-bond donors (Lipinski definition) is 2. The van der Waals surface area contributed by atoms with Gasteiger partial charge in [0.2, 0.25) is 0 Å². The minimum absolute atomic E-state index is 0.0235. The summed E-state index contributed by atoms with van der Waals surface area (Å²) in [6.07, 6.45) is -1.27. The number of benzene rings is 1. The number of fused-ring (bicyclic) bond motifs is 1. The third-order valence-electron chi connectivity index (χ3n) is 3.59. The van der Waals surface area contributed by atoms with Crippen molar-refractivity contribution >= 4 is 40.0 Å². The number of alkyl halides is 1. The van der Waals surface area contributed by atoms with Crippen molar-refractivity contribution in [3.8, 4) is 0 Å². The number of nitrogens with zero attached hydrogens (tertiary/aromatic N) is 1. The van der Waals surface area contributed by atoms with E-state index in [9.17, 15) is 13.6 Å². The topological polar surface area (TPSA) is 62.1 Å². The number of H-pyrrole nitrogens is 1. The van der Waals surface area contributed by atoms with Crippen molar-refractivity contribution in [3.63, 3.8) is 0 Å². The van der Waals surface area contributed by atoms with E-state index in [2.05, 4.69) is 4.98 Å². The Morgan fingerprint density at radius 1 is 1.33 bits per heavy atom. The highest BCUT2D eigenvalue weighted by Crippen LogP contribution is 2.35. The van der Waals surface area contributed by atoms with Crippen molar-refractivity contribution in [2.75, 3.05) is 13.1 Å². The first-order chi connectivity index (χ1) is 9.90. The lowest BCUT2D eigenvalue weighted by Crippen LogP contribution is -2.32. The Morgan fingerprint density at radius 2 is 2.05 bits per heavy atom. The molecule has 1 aromatic heterocycles. The Labute approximate surface area is 128 Å². The highest BCUT2D eigenvalue weighted by molar-refractivity contribution is 6.44. The van der Waals surface area contributed by atoms with Crippen LogP contribution in [0.2, 0.25) is 10.0 Å². The maximum Gasteiger partial charge on any atom is 0.272 e. The summed E-state index contributed by atoms with van der Waals surface area (Å²) in [6, 6.07) is 1.90. The number of carbonyl (C=O) groups is 1. The van der Waals surface area contributed by atoms with Gasteiger partial charge in [0, 0.05) is 17.4 Å². The molecule has 0 bridgehead atoms. The third kappa shape index (κ3) is 2.27. The minimum atomic E-state index is -1.27. The van der Waals surface area contributed by atoms with Gasteiger partial charge in [-0.3, -0.25) is 4.79 Å². The van der Waals surface area contributed by atoms with Gasteiger partial charge in [-0.1, -0.05) is 23.2 Å². The summed E-state index contributed by atoms with van der Waals surface area (Å²) in [7, 11) is 0. The molecule has 1 amide bonds. The number of aromatic nitrogens is 1. The molecule has 112 valence electrons. The normalized spacial score (nSPS) is 22.2. The quantitative estimate of drug-likeness (QED) is 0.842. The fraction of sp³-hybridized carbons (Fsp3) is 0.308. The highest BCUT2D eigenvalue weighted by Gasteiger charge is 2.35. The van der Waals surface area contributed by atoms with Gasteiger partial charge in [-0.05, 0) is 12.1 Å². The molecule has 0 radical (unpaired) electrons. The molecule has 1 saturated heterocycles. The number of nitrogens with one attached hydrogen (secondary N) is 1. The van der Waals surface area contributed by atoms with E-state index in [1.165, 1.54) is 17.0 Å². The lowest BCUT2D eigenvalue weighted by atomic mass is 10.2. The zero-order chi connectivity index (χ0) is 15.3. The Bertz CT molecular complexity index is 724. The van der Waals surface area contributed by atoms with Crippen LogP contribution in [0.4, 0.5) is 8.78 Å². The van der Waals surface area contributed by atoms with Gasteiger partial charge in [0.15, 0.2) is 0 Å². The third-order valence-corrected chi connectivity index (χ3v) is 4.33. The first-order valence-corrected chi connectivity index (χ1v) is 7.00. The van der Waals surface area contributed by atoms with Gasteiger partial charge < -0.3 is 15.6 Å². The number of likely N-dealkylation sites (tertiary alicyclic amines) is 1. The molecule has 2 atom stereocenters. The summed E-state index contributed by atoms with van der Waals surface area (Å²) < 4.78 is 26.9. The molecule has 3 N–H and O–H groups in total. The number of carbonyl (C=O) groups excluding carboxylic acids is 1. The monoisotopic (exact) mass is 333 g/mol. The van der Waals surface area contributed by atoms with Crippen LogP contribution in [-0.2, 0) is 0 Å². The van der Waals surface area contributed by atoms with Gasteiger partial charge in [0.05, 0.1) is 22.6 Å². The Kier molecular flexibility index (Phi) is 3.55. The van der Waals surface area contributed by atoms with E-state index in [0.717, 1.165) is 0 Å². The van der Waals surface area contributed by atoms with Crippen LogP contribution in [0.5, 0.6) is 0 Å². The SMILES string of the molecule is N[C@H]1CN(C(=O)c2[nH]c3ccc(F)c(Cl)c3c2Cl)C[C@H]1F. The lowest BCUT2D eigenvalue weighted by molar-refractivity contribution is 0.0777. The Balaban J connectivity index is 2.03. The molecule has 1 fully saturated rings. The van der Waals surface area contributed by atoms with E-state index < -0.39 is 23.9 Å². The van der Waals surface area contributed by atoms with E-state index >= 15 is 0 Å². The molecule has 8 heteroatoms. The zero-order valence-corrected chi connectivity index (χ0v) is 12.2. The molecule has 0 saturated carbocycles. The van der Waals surface area contributed by atoms with Crippen molar-refractivity contribution in [1.29, 1.82) is 0 Å². The Morgan fingerprint density at radius 3 is 2.67 bits per heavy atom. The molecule has 2 aromatic rings. The van der Waals surface area contributed by atoms with Gasteiger partial charge in [-0.15, -0.1) is 0 Å². The predicted octanol–water partition coefficient (Wildman–Crippen LogP) is 2.74. The number of rotatable bonds is 1. The number of aromatic amines is 1. The summed E-state index contributed by atoms with van der Waals surface area (Å²) in [4.78, 5) is 16.5. The van der Waals surface area contributed by atoms with Crippen LogP contribution >= 0.6 is 23.2 Å². The molecule has 0 aliphatic carbocycles. The second-order valence-electron chi connectivity index (χ2n) is 4.99. The molecule has 3 rings (SSSR count). The van der Waals surface area contributed by atoms with Crippen LogP contribution in [0.25, 0.3) is 10.9 Å². The van der Waals surface area contributed by atoms with E-state index in [-0.39, 0.29) is 34.2 Å². The van der Waals surface area contributed by atoms with Crippen LogP contribution in [0.3, 0.4) is 0 Å². The van der Waals surface area contributed by atoms with Crippen molar-refractivity contribution in [2.45, 2.75) is 12.2 Å². The van der Waals surface area contributed by atoms with Gasteiger partial charge in [0.1, 0.15) is 17.7 Å². The zero-order valence-electron chi connectivity index (χ0n) is 10.7. The molecule has 2 heterocycles. The largest absolute Gasteiger partial charge is 0.349 e. The summed E-state index contributed by atoms with van der Waals surface area (Å²) in [5.74, 6) is -1.11. The van der Waals surface area contributed by atoms with Crippen molar-refractivity contribution in [2.24, 2.45) is 5.73 Å². The second kappa shape index (κ2) is 5.12. The molecular weight excluding hydrogens is 323 g/mol. The number of halogens is 4. The maximum atomic E-state index is 13.5. The highest BCUT2D eigenvalue weighted by atomic mass is 35.5. The summed E-state index contributed by atoms with van der Waals surface area (Å²) in [5.41, 5.74) is 6.05. The first kappa shape index (κ1) is 14.6.